The third-order valence-electron chi connectivity index (χ3n) is 5.57. The molecule has 7 heteroatoms. The molecule has 30 heavy (non-hydrogen) atoms. The number of hydrogen-bond acceptors (Lipinski definition) is 5. The van der Waals surface area contributed by atoms with Crippen molar-refractivity contribution in [3.8, 4) is 0 Å². The number of likely N-dealkylation sites (tertiary alicyclic amines) is 1. The maximum atomic E-state index is 13.0. The Morgan fingerprint density at radius 1 is 1.10 bits per heavy atom. The molecule has 2 fully saturated rings. The van der Waals surface area contributed by atoms with Crippen LogP contribution in [-0.4, -0.2) is 52.0 Å². The molecule has 2 aliphatic heterocycles. The van der Waals surface area contributed by atoms with Gasteiger partial charge in [-0.15, -0.1) is 0 Å². The van der Waals surface area contributed by atoms with Crippen molar-refractivity contribution in [1.82, 2.24) is 10.2 Å². The van der Waals surface area contributed by atoms with Gasteiger partial charge in [-0.1, -0.05) is 60.7 Å². The lowest BCUT2D eigenvalue weighted by molar-refractivity contribution is -0.216. The number of rotatable bonds is 6. The first-order valence-electron chi connectivity index (χ1n) is 10.0. The van der Waals surface area contributed by atoms with Gasteiger partial charge < -0.3 is 24.8 Å². The average Bonchev–Trinajstić information content (AvgIpc) is 3.11. The highest BCUT2D eigenvalue weighted by Crippen LogP contribution is 2.40. The Morgan fingerprint density at radius 2 is 1.70 bits per heavy atom. The molecule has 0 aliphatic carbocycles. The number of hydrogen-bond donors (Lipinski definition) is 2. The van der Waals surface area contributed by atoms with E-state index in [4.69, 9.17) is 9.47 Å². The van der Waals surface area contributed by atoms with Crippen molar-refractivity contribution < 1.29 is 24.2 Å². The van der Waals surface area contributed by atoms with Gasteiger partial charge in [-0.3, -0.25) is 9.59 Å². The molecule has 0 bridgehead atoms. The van der Waals surface area contributed by atoms with Crippen LogP contribution in [0.15, 0.2) is 60.7 Å². The van der Waals surface area contributed by atoms with E-state index in [1.54, 1.807) is 13.8 Å². The second-order valence-electron chi connectivity index (χ2n) is 8.17. The fraction of sp³-hybridized carbons (Fsp3) is 0.391. The highest BCUT2D eigenvalue weighted by molar-refractivity contribution is 6.13. The number of carbonyl (C=O) groups excluding carboxylic acids is 2. The van der Waals surface area contributed by atoms with E-state index < -0.39 is 35.3 Å². The molecule has 2 aromatic rings. The molecule has 2 saturated heterocycles. The highest BCUT2D eigenvalue weighted by atomic mass is 16.7. The maximum absolute atomic E-state index is 13.0. The SMILES string of the molecule is CC1(C)OC[C@H]([C@@H]2N(Cc3ccccc3)C(=O)[C@@]2(O)C(=O)NCc2ccccc2)O1. The highest BCUT2D eigenvalue weighted by Gasteiger charge is 2.68. The van der Waals surface area contributed by atoms with Gasteiger partial charge in [0.2, 0.25) is 5.60 Å². The predicted molar refractivity (Wildman–Crippen MR) is 109 cm³/mol. The number of amides is 2. The Balaban J connectivity index is 1.55. The van der Waals surface area contributed by atoms with Crippen LogP contribution < -0.4 is 5.32 Å². The zero-order chi connectivity index (χ0) is 21.4. The standard InChI is InChI=1S/C23H26N2O5/c1-22(2)29-15-18(30-22)19-23(28,20(26)24-13-16-9-5-3-6-10-16)21(27)25(19)14-17-11-7-4-8-12-17/h3-12,18-19,28H,13-15H2,1-2H3,(H,24,26)/t18-,19+,23+/m1/s1. The van der Waals surface area contributed by atoms with Crippen LogP contribution in [0.3, 0.4) is 0 Å². The summed E-state index contributed by atoms with van der Waals surface area (Å²) in [6.07, 6.45) is -0.617. The van der Waals surface area contributed by atoms with E-state index in [1.165, 1.54) is 4.90 Å². The minimum absolute atomic E-state index is 0.185. The summed E-state index contributed by atoms with van der Waals surface area (Å²) in [5, 5.41) is 13.9. The summed E-state index contributed by atoms with van der Waals surface area (Å²) in [5.41, 5.74) is -0.417. The molecule has 0 unspecified atom stereocenters. The molecule has 2 heterocycles. The Morgan fingerprint density at radius 3 is 2.27 bits per heavy atom. The van der Waals surface area contributed by atoms with Crippen LogP contribution in [0.2, 0.25) is 0 Å². The zero-order valence-electron chi connectivity index (χ0n) is 17.1. The first-order valence-corrected chi connectivity index (χ1v) is 10.0. The van der Waals surface area contributed by atoms with Gasteiger partial charge in [0, 0.05) is 13.1 Å². The van der Waals surface area contributed by atoms with E-state index in [0.29, 0.717) is 0 Å². The Labute approximate surface area is 175 Å². The third kappa shape index (κ3) is 3.71. The van der Waals surface area contributed by atoms with Gasteiger partial charge in [0.25, 0.3) is 11.8 Å². The number of β-lactam (4-membered cyclic amide) rings is 1. The summed E-state index contributed by atoms with van der Waals surface area (Å²) < 4.78 is 11.6. The molecule has 0 saturated carbocycles. The van der Waals surface area contributed by atoms with E-state index in [9.17, 15) is 14.7 Å². The smallest absolute Gasteiger partial charge is 0.267 e. The van der Waals surface area contributed by atoms with Gasteiger partial charge in [0.15, 0.2) is 5.79 Å². The Kier molecular flexibility index (Phi) is 5.36. The van der Waals surface area contributed by atoms with Gasteiger partial charge in [-0.25, -0.2) is 0 Å². The maximum Gasteiger partial charge on any atom is 0.267 e. The van der Waals surface area contributed by atoms with Gasteiger partial charge in [0.1, 0.15) is 12.1 Å². The minimum Gasteiger partial charge on any atom is -0.370 e. The van der Waals surface area contributed by atoms with Crippen molar-refractivity contribution in [2.24, 2.45) is 0 Å². The van der Waals surface area contributed by atoms with E-state index in [2.05, 4.69) is 5.32 Å². The largest absolute Gasteiger partial charge is 0.370 e. The number of nitrogens with one attached hydrogen (secondary N) is 1. The first-order chi connectivity index (χ1) is 14.3. The lowest BCUT2D eigenvalue weighted by Gasteiger charge is -2.53. The number of aliphatic hydroxyl groups is 1. The molecule has 3 atom stereocenters. The summed E-state index contributed by atoms with van der Waals surface area (Å²) in [4.78, 5) is 27.4. The monoisotopic (exact) mass is 410 g/mol. The molecule has 4 rings (SSSR count). The van der Waals surface area contributed by atoms with Crippen LogP contribution in [0.4, 0.5) is 0 Å². The van der Waals surface area contributed by atoms with Crippen LogP contribution in [0.25, 0.3) is 0 Å². The van der Waals surface area contributed by atoms with Gasteiger partial charge in [-0.05, 0) is 25.0 Å². The van der Waals surface area contributed by atoms with Crippen molar-refractivity contribution in [3.05, 3.63) is 71.8 Å². The predicted octanol–water partition coefficient (Wildman–Crippen LogP) is 1.60. The lowest BCUT2D eigenvalue weighted by Crippen LogP contribution is -2.81. The number of carbonyl (C=O) groups is 2. The van der Waals surface area contributed by atoms with Gasteiger partial charge in [0.05, 0.1) is 6.61 Å². The molecule has 2 aromatic carbocycles. The zero-order valence-corrected chi connectivity index (χ0v) is 17.1. The first kappa shape index (κ1) is 20.5. The molecule has 158 valence electrons. The third-order valence-corrected chi connectivity index (χ3v) is 5.57. The number of nitrogens with zero attached hydrogens (tertiary/aromatic N) is 1. The molecule has 7 nitrogen and oxygen atoms in total. The number of ether oxygens (including phenoxy) is 2. The molecular formula is C23H26N2O5. The van der Waals surface area contributed by atoms with Crippen molar-refractivity contribution in [3.63, 3.8) is 0 Å². The van der Waals surface area contributed by atoms with Crippen molar-refractivity contribution in [1.29, 1.82) is 0 Å². The van der Waals surface area contributed by atoms with Gasteiger partial charge >= 0.3 is 0 Å². The van der Waals surface area contributed by atoms with E-state index in [0.717, 1.165) is 11.1 Å². The van der Waals surface area contributed by atoms with E-state index in [-0.39, 0.29) is 19.7 Å². The molecule has 0 spiro atoms. The quantitative estimate of drug-likeness (QED) is 0.558. The summed E-state index contributed by atoms with van der Waals surface area (Å²) >= 11 is 0. The Bertz CT molecular complexity index is 908. The molecule has 0 aromatic heterocycles. The normalized spacial score (nSPS) is 27.6. The van der Waals surface area contributed by atoms with Gasteiger partial charge in [-0.2, -0.15) is 0 Å². The molecule has 0 radical (unpaired) electrons. The number of benzene rings is 2. The van der Waals surface area contributed by atoms with Crippen molar-refractivity contribution in [2.45, 2.75) is 50.5 Å². The molecule has 2 N–H and O–H groups in total. The fourth-order valence-electron chi connectivity index (χ4n) is 4.07. The average molecular weight is 410 g/mol. The van der Waals surface area contributed by atoms with Crippen molar-refractivity contribution in [2.75, 3.05) is 6.61 Å². The topological polar surface area (TPSA) is 88.1 Å². The van der Waals surface area contributed by atoms with Crippen LogP contribution in [0.1, 0.15) is 25.0 Å². The summed E-state index contributed by atoms with van der Waals surface area (Å²) in [6.45, 7) is 4.21. The summed E-state index contributed by atoms with van der Waals surface area (Å²) in [7, 11) is 0. The minimum atomic E-state index is -2.20. The van der Waals surface area contributed by atoms with Crippen LogP contribution >= 0.6 is 0 Å². The van der Waals surface area contributed by atoms with Crippen LogP contribution in [0.5, 0.6) is 0 Å². The van der Waals surface area contributed by atoms with Crippen molar-refractivity contribution >= 4 is 11.8 Å². The second kappa shape index (κ2) is 7.83. The van der Waals surface area contributed by atoms with E-state index in [1.807, 2.05) is 60.7 Å². The molecule has 2 amide bonds. The fourth-order valence-corrected chi connectivity index (χ4v) is 4.07. The molecular weight excluding hydrogens is 384 g/mol. The van der Waals surface area contributed by atoms with Crippen LogP contribution in [0, 0.1) is 0 Å². The second-order valence-corrected chi connectivity index (χ2v) is 8.17. The Hall–Kier alpha value is -2.74. The molecule has 2 aliphatic rings. The summed E-state index contributed by atoms with van der Waals surface area (Å²) in [6, 6.07) is 17.9. The lowest BCUT2D eigenvalue weighted by atomic mass is 9.77. The summed E-state index contributed by atoms with van der Waals surface area (Å²) in [5.74, 6) is -2.20. The van der Waals surface area contributed by atoms with E-state index >= 15 is 0 Å². The van der Waals surface area contributed by atoms with Crippen LogP contribution in [-0.2, 0) is 32.2 Å².